The number of carbonyl (C=O) groups is 2. The van der Waals surface area contributed by atoms with Gasteiger partial charge in [-0.2, -0.15) is 0 Å². The maximum absolute atomic E-state index is 11.6. The van der Waals surface area contributed by atoms with E-state index < -0.39 is 6.10 Å². The number of aliphatic hydroxyl groups excluding tert-OH is 1. The number of carbonyl (C=O) groups excluding carboxylic acids is 2. The normalized spacial score (nSPS) is 13.7. The summed E-state index contributed by atoms with van der Waals surface area (Å²) in [5, 5.41) is 12.3. The topological polar surface area (TPSA) is 66.4 Å². The first kappa shape index (κ1) is 14.4. The van der Waals surface area contributed by atoms with Gasteiger partial charge >= 0.3 is 0 Å². The van der Waals surface area contributed by atoms with Gasteiger partial charge in [-0.3, -0.25) is 9.59 Å². The fourth-order valence-corrected chi connectivity index (χ4v) is 1.74. The Balaban J connectivity index is 2.43. The van der Waals surface area contributed by atoms with Crippen LogP contribution in [0.15, 0.2) is 30.3 Å². The molecule has 1 aromatic carbocycles. The van der Waals surface area contributed by atoms with Crippen LogP contribution >= 0.6 is 0 Å². The minimum Gasteiger partial charge on any atom is -0.392 e. The maximum atomic E-state index is 11.6. The zero-order valence-electron chi connectivity index (χ0n) is 10.7. The largest absolute Gasteiger partial charge is 0.392 e. The summed E-state index contributed by atoms with van der Waals surface area (Å²) in [6.07, 6.45) is -0.922. The number of nitrogens with one attached hydrogen (secondary N) is 1. The fraction of sp³-hybridized carbons (Fsp3) is 0.429. The van der Waals surface area contributed by atoms with Crippen LogP contribution < -0.4 is 5.32 Å². The van der Waals surface area contributed by atoms with Crippen molar-refractivity contribution >= 4 is 11.7 Å². The number of benzene rings is 1. The van der Waals surface area contributed by atoms with Crippen molar-refractivity contribution in [2.75, 3.05) is 0 Å². The van der Waals surface area contributed by atoms with E-state index in [2.05, 4.69) is 5.32 Å². The zero-order valence-corrected chi connectivity index (χ0v) is 10.7. The highest BCUT2D eigenvalue weighted by atomic mass is 16.3. The molecule has 0 fully saturated rings. The van der Waals surface area contributed by atoms with Crippen molar-refractivity contribution in [3.8, 4) is 0 Å². The lowest BCUT2D eigenvalue weighted by Crippen LogP contribution is -2.30. The van der Waals surface area contributed by atoms with Crippen molar-refractivity contribution < 1.29 is 14.7 Å². The van der Waals surface area contributed by atoms with Gasteiger partial charge in [-0.25, -0.2) is 0 Å². The van der Waals surface area contributed by atoms with Gasteiger partial charge in [-0.1, -0.05) is 30.3 Å². The van der Waals surface area contributed by atoms with E-state index in [9.17, 15) is 14.7 Å². The third-order valence-corrected chi connectivity index (χ3v) is 2.62. The van der Waals surface area contributed by atoms with Crippen LogP contribution in [0.4, 0.5) is 0 Å². The van der Waals surface area contributed by atoms with Gasteiger partial charge in [0.15, 0.2) is 0 Å². The number of Topliss-reactive ketones (excluding diaryl/α,β-unsaturated/α-hetero) is 1. The van der Waals surface area contributed by atoms with Crippen molar-refractivity contribution in [1.82, 2.24) is 5.32 Å². The van der Waals surface area contributed by atoms with E-state index in [-0.39, 0.29) is 30.6 Å². The Hall–Kier alpha value is -1.68. The third kappa shape index (κ3) is 5.10. The molecule has 0 radical (unpaired) electrons. The Morgan fingerprint density at radius 3 is 2.39 bits per heavy atom. The van der Waals surface area contributed by atoms with Gasteiger partial charge < -0.3 is 10.4 Å². The van der Waals surface area contributed by atoms with Crippen molar-refractivity contribution in [1.29, 1.82) is 0 Å². The summed E-state index contributed by atoms with van der Waals surface area (Å²) in [5.41, 5.74) is 1.01. The summed E-state index contributed by atoms with van der Waals surface area (Å²) in [6, 6.07) is 9.47. The molecule has 0 aliphatic heterocycles. The van der Waals surface area contributed by atoms with Crippen LogP contribution in [0.3, 0.4) is 0 Å². The quantitative estimate of drug-likeness (QED) is 0.804. The Morgan fingerprint density at radius 1 is 1.22 bits per heavy atom. The molecule has 1 amide bonds. The zero-order chi connectivity index (χ0) is 13.5. The Bertz CT molecular complexity index is 403. The van der Waals surface area contributed by atoms with E-state index in [1.807, 2.05) is 37.3 Å². The minimum absolute atomic E-state index is 0.0210. The molecule has 0 aromatic heterocycles. The molecule has 2 atom stereocenters. The molecule has 0 bridgehead atoms. The highest BCUT2D eigenvalue weighted by molar-refractivity contribution is 5.79. The summed E-state index contributed by atoms with van der Waals surface area (Å²) in [4.78, 5) is 22.4. The molecule has 0 saturated heterocycles. The molecule has 0 aliphatic carbocycles. The van der Waals surface area contributed by atoms with E-state index in [0.29, 0.717) is 0 Å². The van der Waals surface area contributed by atoms with Crippen LogP contribution in [0.2, 0.25) is 0 Å². The molecule has 0 heterocycles. The number of aliphatic hydroxyl groups is 1. The second-order valence-corrected chi connectivity index (χ2v) is 4.46. The number of hydrogen-bond acceptors (Lipinski definition) is 3. The Kier molecular flexibility index (Phi) is 5.52. The van der Waals surface area contributed by atoms with Gasteiger partial charge in [0.2, 0.25) is 5.91 Å². The third-order valence-electron chi connectivity index (χ3n) is 2.62. The lowest BCUT2D eigenvalue weighted by atomic mass is 10.1. The van der Waals surface area contributed by atoms with E-state index in [0.717, 1.165) is 5.56 Å². The van der Waals surface area contributed by atoms with Crippen molar-refractivity contribution in [2.24, 2.45) is 0 Å². The highest BCUT2D eigenvalue weighted by Gasteiger charge is 2.15. The molecule has 2 N–H and O–H groups in total. The molecule has 98 valence electrons. The predicted octanol–water partition coefficient (Wildman–Crippen LogP) is 1.59. The Labute approximate surface area is 107 Å². The lowest BCUT2D eigenvalue weighted by molar-refractivity contribution is -0.124. The molecule has 18 heavy (non-hydrogen) atoms. The first-order valence-electron chi connectivity index (χ1n) is 6.01. The van der Waals surface area contributed by atoms with Gasteiger partial charge in [-0.05, 0) is 19.4 Å². The van der Waals surface area contributed by atoms with Gasteiger partial charge in [-0.15, -0.1) is 0 Å². The monoisotopic (exact) mass is 249 g/mol. The fourth-order valence-electron chi connectivity index (χ4n) is 1.74. The maximum Gasteiger partial charge on any atom is 0.223 e. The highest BCUT2D eigenvalue weighted by Crippen LogP contribution is 2.11. The molecule has 0 saturated carbocycles. The first-order valence-corrected chi connectivity index (χ1v) is 6.01. The van der Waals surface area contributed by atoms with Crippen LogP contribution in [-0.4, -0.2) is 22.9 Å². The first-order chi connectivity index (χ1) is 8.49. The molecule has 4 heteroatoms. The van der Waals surface area contributed by atoms with Crippen LogP contribution in [-0.2, 0) is 9.59 Å². The lowest BCUT2D eigenvalue weighted by Gasteiger charge is -2.15. The molecule has 1 rings (SSSR count). The van der Waals surface area contributed by atoms with E-state index in [4.69, 9.17) is 0 Å². The van der Waals surface area contributed by atoms with Crippen LogP contribution in [0.5, 0.6) is 0 Å². The Morgan fingerprint density at radius 2 is 1.83 bits per heavy atom. The number of amides is 1. The summed E-state index contributed by atoms with van der Waals surface area (Å²) >= 11 is 0. The van der Waals surface area contributed by atoms with Gasteiger partial charge in [0, 0.05) is 6.42 Å². The molecule has 4 nitrogen and oxygen atoms in total. The second kappa shape index (κ2) is 6.91. The summed E-state index contributed by atoms with van der Waals surface area (Å²) in [6.45, 7) is 3.28. The smallest absolute Gasteiger partial charge is 0.223 e. The van der Waals surface area contributed by atoms with Gasteiger partial charge in [0.25, 0.3) is 0 Å². The average Bonchev–Trinajstić information content (AvgIpc) is 2.28. The molecule has 1 aromatic rings. The van der Waals surface area contributed by atoms with Crippen LogP contribution in [0, 0.1) is 0 Å². The molecule has 0 aliphatic rings. The minimum atomic E-state index is -0.898. The van der Waals surface area contributed by atoms with Gasteiger partial charge in [0.05, 0.1) is 18.6 Å². The predicted molar refractivity (Wildman–Crippen MR) is 68.9 cm³/mol. The molecular weight excluding hydrogens is 230 g/mol. The van der Waals surface area contributed by atoms with Crippen LogP contribution in [0.1, 0.15) is 38.3 Å². The van der Waals surface area contributed by atoms with E-state index in [1.54, 1.807) is 0 Å². The van der Waals surface area contributed by atoms with Crippen molar-refractivity contribution in [3.63, 3.8) is 0 Å². The molecule has 0 unspecified atom stereocenters. The number of ketones is 1. The van der Waals surface area contributed by atoms with Gasteiger partial charge in [0.1, 0.15) is 5.78 Å². The summed E-state index contributed by atoms with van der Waals surface area (Å²) in [7, 11) is 0. The van der Waals surface area contributed by atoms with Crippen molar-refractivity contribution in [2.45, 2.75) is 38.8 Å². The summed E-state index contributed by atoms with van der Waals surface area (Å²) in [5.74, 6) is -0.369. The van der Waals surface area contributed by atoms with Crippen LogP contribution in [0.25, 0.3) is 0 Å². The van der Waals surface area contributed by atoms with E-state index >= 15 is 0 Å². The number of hydrogen-bond donors (Lipinski definition) is 2. The second-order valence-electron chi connectivity index (χ2n) is 4.46. The SMILES string of the molecule is CC(=O)C[C@@H](O)CC(=O)N[C@@H](C)c1ccccc1. The summed E-state index contributed by atoms with van der Waals surface area (Å²) < 4.78 is 0. The molecular formula is C14H19NO3. The number of rotatable bonds is 6. The standard InChI is InChI=1S/C14H19NO3/c1-10(16)8-13(17)9-14(18)15-11(2)12-6-4-3-5-7-12/h3-7,11,13,17H,8-9H2,1-2H3,(H,15,18)/t11-,13+/m0/s1. The average molecular weight is 249 g/mol. The molecule has 0 spiro atoms. The van der Waals surface area contributed by atoms with Crippen molar-refractivity contribution in [3.05, 3.63) is 35.9 Å². The van der Waals surface area contributed by atoms with E-state index in [1.165, 1.54) is 6.92 Å².